The average molecular weight is 543 g/mol. The summed E-state index contributed by atoms with van der Waals surface area (Å²) in [7, 11) is 0. The molecular weight excluding hydrogens is 472 g/mol. The monoisotopic (exact) mass is 543 g/mol. The summed E-state index contributed by atoms with van der Waals surface area (Å²) in [5.41, 5.74) is 0. The lowest BCUT2D eigenvalue weighted by atomic mass is 10.0. The molecule has 0 N–H and O–H groups in total. The first-order valence-electron chi connectivity index (χ1n) is 17.0. The van der Waals surface area contributed by atoms with Crippen LogP contribution in [0.2, 0.25) is 0 Å². The molecule has 0 saturated heterocycles. The Kier molecular flexibility index (Phi) is 26.9. The number of hydrogen-bond donors (Lipinski definition) is 0. The second-order valence-electron chi connectivity index (χ2n) is 11.6. The van der Waals surface area contributed by atoms with Crippen LogP contribution in [0.1, 0.15) is 183 Å². The zero-order valence-electron chi connectivity index (χ0n) is 27.0. The van der Waals surface area contributed by atoms with Crippen molar-refractivity contribution < 1.29 is 18.9 Å². The molecule has 0 aromatic heterocycles. The number of hydrogen-bond acceptors (Lipinski definition) is 4. The van der Waals surface area contributed by atoms with E-state index < -0.39 is 0 Å². The minimum Gasteiger partial charge on any atom is -0.351 e. The molecule has 0 aromatic rings. The first-order valence-corrected chi connectivity index (χ1v) is 17.0. The van der Waals surface area contributed by atoms with Crippen LogP contribution in [0.5, 0.6) is 0 Å². The van der Waals surface area contributed by atoms with Crippen LogP contribution >= 0.6 is 0 Å². The second kappa shape index (κ2) is 27.0. The molecule has 0 aromatic carbocycles. The highest BCUT2D eigenvalue weighted by Crippen LogP contribution is 2.23. The zero-order valence-corrected chi connectivity index (χ0v) is 27.0. The highest BCUT2D eigenvalue weighted by Gasteiger charge is 2.24. The van der Waals surface area contributed by atoms with Crippen molar-refractivity contribution in [1.29, 1.82) is 0 Å². The minimum atomic E-state index is -0.374. The third-order valence-corrected chi connectivity index (χ3v) is 7.81. The predicted octanol–water partition coefficient (Wildman–Crippen LogP) is 11.1. The van der Waals surface area contributed by atoms with Crippen molar-refractivity contribution in [2.75, 3.05) is 26.4 Å². The fourth-order valence-electron chi connectivity index (χ4n) is 5.67. The molecule has 0 saturated carbocycles. The number of unbranched alkanes of at least 4 members (excludes halogenated alkanes) is 19. The average Bonchev–Trinajstić information content (AvgIpc) is 2.87. The van der Waals surface area contributed by atoms with Crippen molar-refractivity contribution in [1.82, 2.24) is 0 Å². The molecule has 0 rings (SSSR count). The van der Waals surface area contributed by atoms with Gasteiger partial charge in [-0.15, -0.1) is 0 Å². The molecule has 4 heteroatoms. The molecule has 0 bridgehead atoms. The minimum absolute atomic E-state index is 0.374. The third-order valence-electron chi connectivity index (χ3n) is 7.81. The van der Waals surface area contributed by atoms with Gasteiger partial charge in [-0.3, -0.25) is 0 Å². The van der Waals surface area contributed by atoms with Crippen molar-refractivity contribution in [3.05, 3.63) is 0 Å². The van der Waals surface area contributed by atoms with Gasteiger partial charge in [0.05, 0.1) is 0 Å². The molecule has 0 spiro atoms. The number of rotatable bonds is 31. The van der Waals surface area contributed by atoms with E-state index in [1.54, 1.807) is 0 Å². The van der Waals surface area contributed by atoms with Crippen LogP contribution in [-0.4, -0.2) is 38.0 Å². The summed E-state index contributed by atoms with van der Waals surface area (Å²) >= 11 is 0. The molecule has 0 aliphatic carbocycles. The normalized spacial score (nSPS) is 12.5. The van der Waals surface area contributed by atoms with Gasteiger partial charge < -0.3 is 18.9 Å². The molecule has 0 heterocycles. The van der Waals surface area contributed by atoms with Gasteiger partial charge in [0.2, 0.25) is 0 Å². The lowest BCUT2D eigenvalue weighted by Crippen LogP contribution is -2.32. The molecule has 0 unspecified atom stereocenters. The van der Waals surface area contributed by atoms with E-state index in [2.05, 4.69) is 13.8 Å². The highest BCUT2D eigenvalue weighted by atomic mass is 16.7. The van der Waals surface area contributed by atoms with Gasteiger partial charge in [0.1, 0.15) is 0 Å². The molecule has 0 aliphatic heterocycles. The lowest BCUT2D eigenvalue weighted by Gasteiger charge is -2.29. The second-order valence-corrected chi connectivity index (χ2v) is 11.6. The number of ether oxygens (including phenoxy) is 4. The molecule has 0 fully saturated rings. The van der Waals surface area contributed by atoms with E-state index in [1.165, 1.54) is 128 Å². The van der Waals surface area contributed by atoms with Gasteiger partial charge in [0.15, 0.2) is 11.6 Å². The zero-order chi connectivity index (χ0) is 28.2. The van der Waals surface area contributed by atoms with Crippen molar-refractivity contribution in [3.63, 3.8) is 0 Å². The first kappa shape index (κ1) is 37.8. The standard InChI is InChI=1S/C34H70O4/c1-7-35-33(5,36-8-2)31-29-27-25-23-21-19-17-15-13-11-12-14-16-18-20-22-24-26-28-30-32-34(6,37-9-3)38-10-4/h7-32H2,1-6H3. The smallest absolute Gasteiger partial charge is 0.165 e. The molecule has 4 nitrogen and oxygen atoms in total. The molecule has 38 heavy (non-hydrogen) atoms. The van der Waals surface area contributed by atoms with E-state index in [0.717, 1.165) is 39.3 Å². The quantitative estimate of drug-likeness (QED) is 0.0644. The summed E-state index contributed by atoms with van der Waals surface area (Å²) in [6.45, 7) is 15.3. The largest absolute Gasteiger partial charge is 0.351 e. The van der Waals surface area contributed by atoms with Gasteiger partial charge in [0.25, 0.3) is 0 Å². The molecular formula is C34H70O4. The Hall–Kier alpha value is -0.160. The Morgan fingerprint density at radius 3 is 0.605 bits per heavy atom. The fraction of sp³-hybridized carbons (Fsp3) is 1.00. The summed E-state index contributed by atoms with van der Waals surface area (Å²) in [4.78, 5) is 0. The van der Waals surface area contributed by atoms with Crippen LogP contribution in [0.4, 0.5) is 0 Å². The van der Waals surface area contributed by atoms with Crippen LogP contribution in [0.3, 0.4) is 0 Å². The molecule has 0 atom stereocenters. The summed E-state index contributed by atoms with van der Waals surface area (Å²) in [5, 5.41) is 0. The first-order chi connectivity index (χ1) is 18.4. The van der Waals surface area contributed by atoms with Gasteiger partial charge in [0, 0.05) is 39.3 Å². The summed E-state index contributed by atoms with van der Waals surface area (Å²) < 4.78 is 23.2. The van der Waals surface area contributed by atoms with Crippen molar-refractivity contribution in [3.8, 4) is 0 Å². The van der Waals surface area contributed by atoms with Crippen LogP contribution in [-0.2, 0) is 18.9 Å². The summed E-state index contributed by atoms with van der Waals surface area (Å²) in [6.07, 6.45) is 29.7. The topological polar surface area (TPSA) is 36.9 Å². The van der Waals surface area contributed by atoms with Gasteiger partial charge in [-0.1, -0.05) is 116 Å². The molecule has 0 aliphatic rings. The van der Waals surface area contributed by atoms with E-state index in [4.69, 9.17) is 18.9 Å². The van der Waals surface area contributed by atoms with Gasteiger partial charge >= 0.3 is 0 Å². The summed E-state index contributed by atoms with van der Waals surface area (Å²) in [5.74, 6) is -0.747. The van der Waals surface area contributed by atoms with Crippen LogP contribution < -0.4 is 0 Å². The Morgan fingerprint density at radius 2 is 0.447 bits per heavy atom. The Balaban J connectivity index is 3.32. The predicted molar refractivity (Wildman–Crippen MR) is 165 cm³/mol. The molecule has 0 amide bonds. The van der Waals surface area contributed by atoms with E-state index in [0.29, 0.717) is 0 Å². The van der Waals surface area contributed by atoms with Crippen molar-refractivity contribution in [2.45, 2.75) is 194 Å². The van der Waals surface area contributed by atoms with Crippen LogP contribution in [0.25, 0.3) is 0 Å². The SMILES string of the molecule is CCOC(C)(CCCCCCCCCCCCCCCCCCCCCCC(C)(OCC)OCC)OCC. The Bertz CT molecular complexity index is 413. The molecule has 230 valence electrons. The van der Waals surface area contributed by atoms with Crippen molar-refractivity contribution >= 4 is 0 Å². The van der Waals surface area contributed by atoms with E-state index in [9.17, 15) is 0 Å². The Morgan fingerprint density at radius 1 is 0.289 bits per heavy atom. The molecule has 0 radical (unpaired) electrons. The maximum atomic E-state index is 5.80. The van der Waals surface area contributed by atoms with Gasteiger partial charge in [-0.2, -0.15) is 0 Å². The lowest BCUT2D eigenvalue weighted by molar-refractivity contribution is -0.225. The Labute approximate surface area is 239 Å². The van der Waals surface area contributed by atoms with E-state index in [1.807, 2.05) is 27.7 Å². The highest BCUT2D eigenvalue weighted by molar-refractivity contribution is 4.64. The van der Waals surface area contributed by atoms with E-state index in [-0.39, 0.29) is 11.6 Å². The van der Waals surface area contributed by atoms with Gasteiger partial charge in [-0.25, -0.2) is 0 Å². The van der Waals surface area contributed by atoms with Gasteiger partial charge in [-0.05, 0) is 54.4 Å². The fourth-order valence-corrected chi connectivity index (χ4v) is 5.67. The van der Waals surface area contributed by atoms with Crippen molar-refractivity contribution in [2.24, 2.45) is 0 Å². The third kappa shape index (κ3) is 23.7. The summed E-state index contributed by atoms with van der Waals surface area (Å²) in [6, 6.07) is 0. The van der Waals surface area contributed by atoms with Crippen LogP contribution in [0, 0.1) is 0 Å². The maximum Gasteiger partial charge on any atom is 0.165 e. The van der Waals surface area contributed by atoms with Crippen LogP contribution in [0.15, 0.2) is 0 Å². The maximum absolute atomic E-state index is 5.80. The van der Waals surface area contributed by atoms with E-state index >= 15 is 0 Å².